The SMILES string of the molecule is CNCCCNCCc1ccccc1OC. The molecule has 16 heavy (non-hydrogen) atoms. The number of hydrogen-bond acceptors (Lipinski definition) is 3. The molecule has 2 N–H and O–H groups in total. The Kier molecular flexibility index (Phi) is 6.61. The first-order chi connectivity index (χ1) is 7.88. The number of para-hydroxylation sites is 1. The van der Waals surface area contributed by atoms with Crippen LogP contribution in [0.25, 0.3) is 0 Å². The van der Waals surface area contributed by atoms with Crippen LogP contribution in [0.2, 0.25) is 0 Å². The van der Waals surface area contributed by atoms with Gasteiger partial charge < -0.3 is 15.4 Å². The minimum Gasteiger partial charge on any atom is -0.496 e. The highest BCUT2D eigenvalue weighted by atomic mass is 16.5. The van der Waals surface area contributed by atoms with Gasteiger partial charge >= 0.3 is 0 Å². The van der Waals surface area contributed by atoms with E-state index in [2.05, 4.69) is 22.8 Å². The van der Waals surface area contributed by atoms with Crippen molar-refractivity contribution in [3.63, 3.8) is 0 Å². The summed E-state index contributed by atoms with van der Waals surface area (Å²) in [5.41, 5.74) is 1.27. The molecule has 0 aliphatic carbocycles. The summed E-state index contributed by atoms with van der Waals surface area (Å²) in [5.74, 6) is 0.986. The van der Waals surface area contributed by atoms with E-state index >= 15 is 0 Å². The molecule has 0 fully saturated rings. The van der Waals surface area contributed by atoms with Crippen molar-refractivity contribution in [2.75, 3.05) is 33.8 Å². The van der Waals surface area contributed by atoms with Crippen LogP contribution in [-0.4, -0.2) is 33.8 Å². The van der Waals surface area contributed by atoms with Crippen LogP contribution in [0.5, 0.6) is 5.75 Å². The monoisotopic (exact) mass is 222 g/mol. The van der Waals surface area contributed by atoms with Crippen LogP contribution in [0.3, 0.4) is 0 Å². The third kappa shape index (κ3) is 4.64. The summed E-state index contributed by atoms with van der Waals surface area (Å²) in [7, 11) is 3.70. The molecule has 0 aromatic heterocycles. The molecule has 0 radical (unpaired) electrons. The van der Waals surface area contributed by atoms with Crippen molar-refractivity contribution >= 4 is 0 Å². The number of ether oxygens (including phenoxy) is 1. The Bertz CT molecular complexity index is 289. The largest absolute Gasteiger partial charge is 0.496 e. The van der Waals surface area contributed by atoms with Gasteiger partial charge in [0.25, 0.3) is 0 Å². The highest BCUT2D eigenvalue weighted by molar-refractivity contribution is 5.33. The van der Waals surface area contributed by atoms with Crippen LogP contribution < -0.4 is 15.4 Å². The average molecular weight is 222 g/mol. The first-order valence-electron chi connectivity index (χ1n) is 5.85. The first kappa shape index (κ1) is 13.0. The minimum absolute atomic E-state index is 0.986. The minimum atomic E-state index is 0.986. The zero-order valence-electron chi connectivity index (χ0n) is 10.3. The van der Waals surface area contributed by atoms with E-state index in [1.54, 1.807) is 7.11 Å². The maximum absolute atomic E-state index is 5.30. The number of methoxy groups -OCH3 is 1. The second kappa shape index (κ2) is 8.13. The summed E-state index contributed by atoms with van der Waals surface area (Å²) in [4.78, 5) is 0. The molecule has 1 rings (SSSR count). The van der Waals surface area contributed by atoms with Gasteiger partial charge in [-0.1, -0.05) is 18.2 Å². The molecule has 0 atom stereocenters. The lowest BCUT2D eigenvalue weighted by Crippen LogP contribution is -2.22. The molecule has 3 nitrogen and oxygen atoms in total. The van der Waals surface area contributed by atoms with Gasteiger partial charge in [0.15, 0.2) is 0 Å². The Morgan fingerprint density at radius 1 is 1.12 bits per heavy atom. The van der Waals surface area contributed by atoms with Gasteiger partial charge in [0.1, 0.15) is 5.75 Å². The second-order valence-electron chi connectivity index (χ2n) is 3.77. The van der Waals surface area contributed by atoms with Crippen molar-refractivity contribution in [2.24, 2.45) is 0 Å². The molecule has 0 saturated heterocycles. The van der Waals surface area contributed by atoms with Crippen LogP contribution in [0.1, 0.15) is 12.0 Å². The molecule has 0 unspecified atom stereocenters. The van der Waals surface area contributed by atoms with E-state index in [1.165, 1.54) is 12.0 Å². The van der Waals surface area contributed by atoms with E-state index in [9.17, 15) is 0 Å². The zero-order chi connectivity index (χ0) is 11.6. The van der Waals surface area contributed by atoms with E-state index < -0.39 is 0 Å². The van der Waals surface area contributed by atoms with E-state index in [4.69, 9.17) is 4.74 Å². The fourth-order valence-electron chi connectivity index (χ4n) is 1.65. The number of rotatable bonds is 8. The van der Waals surface area contributed by atoms with E-state index in [0.717, 1.165) is 31.8 Å². The Balaban J connectivity index is 2.21. The van der Waals surface area contributed by atoms with Gasteiger partial charge in [0.05, 0.1) is 7.11 Å². The third-order valence-corrected chi connectivity index (χ3v) is 2.54. The summed E-state index contributed by atoms with van der Waals surface area (Å²) in [5, 5.41) is 6.56. The Labute approximate surface area is 98.2 Å². The highest BCUT2D eigenvalue weighted by Crippen LogP contribution is 2.16. The second-order valence-corrected chi connectivity index (χ2v) is 3.77. The summed E-state index contributed by atoms with van der Waals surface area (Å²) in [6.45, 7) is 3.14. The van der Waals surface area contributed by atoms with Crippen LogP contribution in [-0.2, 0) is 6.42 Å². The predicted molar refractivity (Wildman–Crippen MR) is 68.1 cm³/mol. The maximum atomic E-state index is 5.30. The van der Waals surface area contributed by atoms with Gasteiger partial charge in [-0.3, -0.25) is 0 Å². The van der Waals surface area contributed by atoms with E-state index in [0.29, 0.717) is 0 Å². The molecular weight excluding hydrogens is 200 g/mol. The molecule has 1 aromatic rings. The fourth-order valence-corrected chi connectivity index (χ4v) is 1.65. The third-order valence-electron chi connectivity index (χ3n) is 2.54. The van der Waals surface area contributed by atoms with Gasteiger partial charge in [0.2, 0.25) is 0 Å². The molecular formula is C13H22N2O. The fraction of sp³-hybridized carbons (Fsp3) is 0.538. The lowest BCUT2D eigenvalue weighted by atomic mass is 10.1. The number of benzene rings is 1. The topological polar surface area (TPSA) is 33.3 Å². The highest BCUT2D eigenvalue weighted by Gasteiger charge is 2.00. The summed E-state index contributed by atoms with van der Waals surface area (Å²) in [6.07, 6.45) is 2.19. The van der Waals surface area contributed by atoms with Gasteiger partial charge in [-0.15, -0.1) is 0 Å². The smallest absolute Gasteiger partial charge is 0.122 e. The standard InChI is InChI=1S/C13H22N2O/c1-14-9-5-10-15-11-8-12-6-3-4-7-13(12)16-2/h3-4,6-7,14-15H,5,8-11H2,1-2H3. The van der Waals surface area contributed by atoms with Crippen molar-refractivity contribution < 1.29 is 4.74 Å². The van der Waals surface area contributed by atoms with Crippen LogP contribution in [0.15, 0.2) is 24.3 Å². The molecule has 0 saturated carbocycles. The van der Waals surface area contributed by atoms with Crippen LogP contribution in [0, 0.1) is 0 Å². The van der Waals surface area contributed by atoms with Crippen LogP contribution >= 0.6 is 0 Å². The molecule has 0 amide bonds. The molecule has 1 aromatic carbocycles. The molecule has 3 heteroatoms. The molecule has 0 aliphatic heterocycles. The molecule has 90 valence electrons. The summed E-state index contributed by atoms with van der Waals surface area (Å²) in [6, 6.07) is 8.19. The normalized spacial score (nSPS) is 10.4. The maximum Gasteiger partial charge on any atom is 0.122 e. The molecule has 0 aliphatic rings. The molecule has 0 bridgehead atoms. The van der Waals surface area contributed by atoms with E-state index in [1.807, 2.05) is 19.2 Å². The Morgan fingerprint density at radius 2 is 1.94 bits per heavy atom. The van der Waals surface area contributed by atoms with Gasteiger partial charge in [-0.05, 0) is 51.2 Å². The van der Waals surface area contributed by atoms with Gasteiger partial charge in [-0.25, -0.2) is 0 Å². The van der Waals surface area contributed by atoms with Crippen molar-refractivity contribution in [2.45, 2.75) is 12.8 Å². The lowest BCUT2D eigenvalue weighted by molar-refractivity contribution is 0.409. The number of nitrogens with one attached hydrogen (secondary N) is 2. The van der Waals surface area contributed by atoms with Crippen molar-refractivity contribution in [1.29, 1.82) is 0 Å². The summed E-state index contributed by atoms with van der Waals surface area (Å²) < 4.78 is 5.30. The molecule has 0 heterocycles. The van der Waals surface area contributed by atoms with Crippen LogP contribution in [0.4, 0.5) is 0 Å². The Hall–Kier alpha value is -1.06. The van der Waals surface area contributed by atoms with Gasteiger partial charge in [-0.2, -0.15) is 0 Å². The molecule has 0 spiro atoms. The van der Waals surface area contributed by atoms with Crippen molar-refractivity contribution in [3.8, 4) is 5.75 Å². The van der Waals surface area contributed by atoms with Crippen molar-refractivity contribution in [1.82, 2.24) is 10.6 Å². The van der Waals surface area contributed by atoms with Gasteiger partial charge in [0, 0.05) is 0 Å². The zero-order valence-corrected chi connectivity index (χ0v) is 10.3. The summed E-state index contributed by atoms with van der Waals surface area (Å²) >= 11 is 0. The van der Waals surface area contributed by atoms with Crippen molar-refractivity contribution in [3.05, 3.63) is 29.8 Å². The average Bonchev–Trinajstić information content (AvgIpc) is 2.34. The van der Waals surface area contributed by atoms with E-state index in [-0.39, 0.29) is 0 Å². The quantitative estimate of drug-likeness (QED) is 0.653. The number of hydrogen-bond donors (Lipinski definition) is 2. The Morgan fingerprint density at radius 3 is 2.69 bits per heavy atom. The predicted octanol–water partition coefficient (Wildman–Crippen LogP) is 1.44. The first-order valence-corrected chi connectivity index (χ1v) is 5.85. The lowest BCUT2D eigenvalue weighted by Gasteiger charge is -2.08.